The predicted molar refractivity (Wildman–Crippen MR) is 151 cm³/mol. The monoisotopic (exact) mass is 532 g/mol. The Kier molecular flexibility index (Phi) is 6.93. The Balaban J connectivity index is 1.28. The number of anilines is 2. The summed E-state index contributed by atoms with van der Waals surface area (Å²) in [6.45, 7) is 6.44. The zero-order valence-corrected chi connectivity index (χ0v) is 22.9. The number of ether oxygens (including phenoxy) is 2. The first-order valence-corrected chi connectivity index (χ1v) is 14.3. The number of hydrogen-bond acceptors (Lipinski definition) is 7. The minimum absolute atomic E-state index is 0.0369. The summed E-state index contributed by atoms with van der Waals surface area (Å²) in [5.74, 6) is 2.11. The van der Waals surface area contributed by atoms with Crippen molar-refractivity contribution >= 4 is 33.2 Å². The van der Waals surface area contributed by atoms with Gasteiger partial charge in [0.1, 0.15) is 17.3 Å². The molecule has 1 saturated carbocycles. The third-order valence-electron chi connectivity index (χ3n) is 7.44. The fourth-order valence-electron chi connectivity index (χ4n) is 5.38. The molecule has 2 aromatic heterocycles. The standard InChI is InChI=1S/C30H33FN4O2S/c1-18(2)37-27-14-20(19-10-12-35(13-11-19)22-6-7-22)4-8-25(27)33-30-32-16-28-29(34-30)24(17-38-28)23-15-21(31)5-9-26(23)36-3/h4-5,8-9,14-19,22H,6-7,10-13H2,1-3H3,(H,32,33,34). The Bertz CT molecular complexity index is 1440. The Hall–Kier alpha value is -3.23. The van der Waals surface area contributed by atoms with Crippen LogP contribution in [0.4, 0.5) is 16.0 Å². The summed E-state index contributed by atoms with van der Waals surface area (Å²) in [4.78, 5) is 12.0. The fraction of sp³-hybridized carbons (Fsp3) is 0.400. The molecule has 0 spiro atoms. The predicted octanol–water partition coefficient (Wildman–Crippen LogP) is 7.38. The van der Waals surface area contributed by atoms with Crippen LogP contribution in [-0.2, 0) is 0 Å². The van der Waals surface area contributed by atoms with Crippen molar-refractivity contribution in [1.29, 1.82) is 0 Å². The second-order valence-corrected chi connectivity index (χ2v) is 11.4. The smallest absolute Gasteiger partial charge is 0.227 e. The van der Waals surface area contributed by atoms with Crippen LogP contribution < -0.4 is 14.8 Å². The maximum atomic E-state index is 14.1. The number of hydrogen-bond donors (Lipinski definition) is 1. The molecule has 0 amide bonds. The normalized spacial score (nSPS) is 16.8. The van der Waals surface area contributed by atoms with Gasteiger partial charge in [-0.15, -0.1) is 11.3 Å². The van der Waals surface area contributed by atoms with Gasteiger partial charge in [-0.05, 0) is 94.4 Å². The fourth-order valence-corrected chi connectivity index (χ4v) is 6.24. The van der Waals surface area contributed by atoms with Crippen molar-refractivity contribution in [3.8, 4) is 22.6 Å². The molecule has 1 aliphatic heterocycles. The number of likely N-dealkylation sites (tertiary alicyclic amines) is 1. The molecule has 1 aliphatic carbocycles. The molecule has 6 rings (SSSR count). The molecule has 1 N–H and O–H groups in total. The number of aromatic nitrogens is 2. The lowest BCUT2D eigenvalue weighted by Gasteiger charge is -2.32. The molecule has 3 heterocycles. The van der Waals surface area contributed by atoms with E-state index in [1.165, 1.54) is 67.8 Å². The second kappa shape index (κ2) is 10.5. The maximum Gasteiger partial charge on any atom is 0.227 e. The third-order valence-corrected chi connectivity index (χ3v) is 8.35. The second-order valence-electron chi connectivity index (χ2n) is 10.5. The largest absolute Gasteiger partial charge is 0.496 e. The number of halogens is 1. The van der Waals surface area contributed by atoms with Gasteiger partial charge < -0.3 is 19.7 Å². The van der Waals surface area contributed by atoms with Crippen molar-refractivity contribution < 1.29 is 13.9 Å². The van der Waals surface area contributed by atoms with E-state index in [2.05, 4.69) is 33.4 Å². The van der Waals surface area contributed by atoms with Crippen LogP contribution in [0.3, 0.4) is 0 Å². The number of piperidine rings is 1. The summed E-state index contributed by atoms with van der Waals surface area (Å²) >= 11 is 1.52. The number of fused-ring (bicyclic) bond motifs is 1. The Morgan fingerprint density at radius 1 is 1.03 bits per heavy atom. The van der Waals surface area contributed by atoms with Crippen LogP contribution in [-0.4, -0.2) is 47.2 Å². The van der Waals surface area contributed by atoms with Gasteiger partial charge in [0.25, 0.3) is 0 Å². The third kappa shape index (κ3) is 5.20. The molecule has 2 aliphatic rings. The molecular weight excluding hydrogens is 499 g/mol. The number of thiophene rings is 1. The van der Waals surface area contributed by atoms with E-state index in [4.69, 9.17) is 14.5 Å². The number of benzene rings is 2. The molecule has 4 aromatic rings. The van der Waals surface area contributed by atoms with Crippen molar-refractivity contribution in [1.82, 2.24) is 14.9 Å². The van der Waals surface area contributed by atoms with E-state index in [0.717, 1.165) is 33.3 Å². The van der Waals surface area contributed by atoms with E-state index >= 15 is 0 Å². The van der Waals surface area contributed by atoms with Gasteiger partial charge in [0.15, 0.2) is 0 Å². The zero-order chi connectivity index (χ0) is 26.2. The summed E-state index contributed by atoms with van der Waals surface area (Å²) in [5.41, 5.74) is 4.40. The van der Waals surface area contributed by atoms with Crippen LogP contribution in [0, 0.1) is 5.82 Å². The van der Waals surface area contributed by atoms with Crippen LogP contribution in [0.25, 0.3) is 21.3 Å². The van der Waals surface area contributed by atoms with Crippen LogP contribution in [0.5, 0.6) is 11.5 Å². The minimum Gasteiger partial charge on any atom is -0.496 e. The van der Waals surface area contributed by atoms with Crippen molar-refractivity contribution in [3.05, 3.63) is 59.4 Å². The number of rotatable bonds is 8. The molecule has 0 radical (unpaired) electrons. The highest BCUT2D eigenvalue weighted by atomic mass is 32.1. The molecule has 0 atom stereocenters. The molecule has 38 heavy (non-hydrogen) atoms. The van der Waals surface area contributed by atoms with Gasteiger partial charge >= 0.3 is 0 Å². The molecule has 2 fully saturated rings. The number of methoxy groups -OCH3 is 1. The van der Waals surface area contributed by atoms with Gasteiger partial charge in [-0.3, -0.25) is 0 Å². The molecule has 8 heteroatoms. The van der Waals surface area contributed by atoms with E-state index in [-0.39, 0.29) is 11.9 Å². The van der Waals surface area contributed by atoms with Crippen LogP contribution in [0.2, 0.25) is 0 Å². The van der Waals surface area contributed by atoms with Crippen molar-refractivity contribution in [2.24, 2.45) is 0 Å². The summed E-state index contributed by atoms with van der Waals surface area (Å²) < 4.78 is 26.8. The highest BCUT2D eigenvalue weighted by Crippen LogP contribution is 2.40. The Morgan fingerprint density at radius 2 is 1.84 bits per heavy atom. The molecule has 1 saturated heterocycles. The molecule has 0 unspecified atom stereocenters. The molecule has 198 valence electrons. The van der Waals surface area contributed by atoms with Gasteiger partial charge in [-0.1, -0.05) is 6.07 Å². The van der Waals surface area contributed by atoms with Gasteiger partial charge in [0.2, 0.25) is 5.95 Å². The molecular formula is C30H33FN4O2S. The highest BCUT2D eigenvalue weighted by molar-refractivity contribution is 7.17. The van der Waals surface area contributed by atoms with Crippen LogP contribution in [0.15, 0.2) is 48.0 Å². The van der Waals surface area contributed by atoms with E-state index in [1.54, 1.807) is 19.4 Å². The Morgan fingerprint density at radius 3 is 2.58 bits per heavy atom. The van der Waals surface area contributed by atoms with Crippen molar-refractivity contribution in [3.63, 3.8) is 0 Å². The molecule has 0 bridgehead atoms. The summed E-state index contributed by atoms with van der Waals surface area (Å²) in [6.07, 6.45) is 6.95. The van der Waals surface area contributed by atoms with Gasteiger partial charge in [-0.2, -0.15) is 0 Å². The van der Waals surface area contributed by atoms with E-state index in [1.807, 2.05) is 19.2 Å². The highest BCUT2D eigenvalue weighted by Gasteiger charge is 2.32. The van der Waals surface area contributed by atoms with Crippen LogP contribution >= 0.6 is 11.3 Å². The average Bonchev–Trinajstić information content (AvgIpc) is 3.69. The lowest BCUT2D eigenvalue weighted by atomic mass is 9.89. The first-order chi connectivity index (χ1) is 18.5. The minimum atomic E-state index is -0.318. The molecule has 2 aromatic carbocycles. The lowest BCUT2D eigenvalue weighted by Crippen LogP contribution is -2.34. The van der Waals surface area contributed by atoms with Crippen molar-refractivity contribution in [2.75, 3.05) is 25.5 Å². The topological polar surface area (TPSA) is 59.5 Å². The zero-order valence-electron chi connectivity index (χ0n) is 22.0. The van der Waals surface area contributed by atoms with E-state index in [9.17, 15) is 4.39 Å². The Labute approximate surface area is 226 Å². The maximum absolute atomic E-state index is 14.1. The van der Waals surface area contributed by atoms with Gasteiger partial charge in [0.05, 0.1) is 35.3 Å². The average molecular weight is 533 g/mol. The first kappa shape index (κ1) is 25.1. The van der Waals surface area contributed by atoms with E-state index in [0.29, 0.717) is 23.2 Å². The quantitative estimate of drug-likeness (QED) is 0.256. The number of nitrogens with one attached hydrogen (secondary N) is 1. The molecule has 6 nitrogen and oxygen atoms in total. The summed E-state index contributed by atoms with van der Waals surface area (Å²) in [6, 6.07) is 11.8. The van der Waals surface area contributed by atoms with Gasteiger partial charge in [0, 0.05) is 22.5 Å². The number of nitrogens with zero attached hydrogens (tertiary/aromatic N) is 3. The van der Waals surface area contributed by atoms with Gasteiger partial charge in [-0.25, -0.2) is 14.4 Å². The van der Waals surface area contributed by atoms with Crippen molar-refractivity contribution in [2.45, 2.75) is 57.6 Å². The SMILES string of the molecule is COc1ccc(F)cc1-c1csc2cnc(Nc3ccc(C4CCN(C5CC5)CC4)cc3OC(C)C)nc12. The first-order valence-electron chi connectivity index (χ1n) is 13.4. The van der Waals surface area contributed by atoms with E-state index < -0.39 is 0 Å². The summed E-state index contributed by atoms with van der Waals surface area (Å²) in [5, 5.41) is 5.35. The van der Waals surface area contributed by atoms with Crippen LogP contribution in [0.1, 0.15) is 51.0 Å². The summed E-state index contributed by atoms with van der Waals surface area (Å²) in [7, 11) is 1.59. The lowest BCUT2D eigenvalue weighted by molar-refractivity contribution is 0.203.